The third kappa shape index (κ3) is 4.94. The molecule has 1 amide bonds. The molecule has 0 saturated heterocycles. The quantitative estimate of drug-likeness (QED) is 0.350. The molecule has 4 aromatic rings. The Kier molecular flexibility index (Phi) is 6.13. The van der Waals surface area contributed by atoms with Crippen LogP contribution in [0.3, 0.4) is 0 Å². The molecule has 1 aliphatic carbocycles. The third-order valence-electron chi connectivity index (χ3n) is 5.67. The summed E-state index contributed by atoms with van der Waals surface area (Å²) in [6.45, 7) is 0. The van der Waals surface area contributed by atoms with Crippen LogP contribution in [0.1, 0.15) is 28.1 Å². The van der Waals surface area contributed by atoms with Gasteiger partial charge in [0.15, 0.2) is 5.82 Å². The Morgan fingerprint density at radius 1 is 0.879 bits per heavy atom. The Balaban J connectivity index is 1.50. The predicted molar refractivity (Wildman–Crippen MR) is 137 cm³/mol. The van der Waals surface area contributed by atoms with Crippen LogP contribution in [0.15, 0.2) is 83.3 Å². The van der Waals surface area contributed by atoms with Gasteiger partial charge in [0.1, 0.15) is 5.69 Å². The summed E-state index contributed by atoms with van der Waals surface area (Å²) in [5.74, 6) is 0.388. The second kappa shape index (κ2) is 9.51. The molecule has 0 unspecified atom stereocenters. The SMILES string of the molecule is O=C(Cc1ccc(Br)cc1)Nc1nc2c(nc1C=Cc1ccccc1)-c1ccccc1CC2. The first kappa shape index (κ1) is 21.3. The fourth-order valence-corrected chi connectivity index (χ4v) is 4.27. The van der Waals surface area contributed by atoms with Crippen molar-refractivity contribution in [2.45, 2.75) is 19.3 Å². The smallest absolute Gasteiger partial charge is 0.230 e. The van der Waals surface area contributed by atoms with Crippen LogP contribution >= 0.6 is 15.9 Å². The van der Waals surface area contributed by atoms with Crippen LogP contribution in [-0.4, -0.2) is 15.9 Å². The average Bonchev–Trinajstić information content (AvgIpc) is 2.84. The van der Waals surface area contributed by atoms with Crippen LogP contribution in [0.25, 0.3) is 23.4 Å². The minimum absolute atomic E-state index is 0.114. The first-order valence-corrected chi connectivity index (χ1v) is 11.7. The largest absolute Gasteiger partial charge is 0.309 e. The number of anilines is 1. The van der Waals surface area contributed by atoms with E-state index in [0.717, 1.165) is 45.4 Å². The van der Waals surface area contributed by atoms with Crippen molar-refractivity contribution in [1.29, 1.82) is 0 Å². The van der Waals surface area contributed by atoms with E-state index in [1.54, 1.807) is 0 Å². The number of fused-ring (bicyclic) bond motifs is 3. The number of aromatic nitrogens is 2. The molecule has 0 saturated carbocycles. The number of nitrogens with one attached hydrogen (secondary N) is 1. The van der Waals surface area contributed by atoms with Crippen LogP contribution in [0.5, 0.6) is 0 Å². The minimum Gasteiger partial charge on any atom is -0.309 e. The van der Waals surface area contributed by atoms with Gasteiger partial charge in [-0.3, -0.25) is 4.79 Å². The van der Waals surface area contributed by atoms with Gasteiger partial charge in [-0.05, 0) is 47.7 Å². The van der Waals surface area contributed by atoms with Gasteiger partial charge in [-0.2, -0.15) is 0 Å². The molecule has 1 heterocycles. The molecule has 3 aromatic carbocycles. The number of hydrogen-bond acceptors (Lipinski definition) is 3. The van der Waals surface area contributed by atoms with E-state index in [1.165, 1.54) is 5.56 Å². The molecular weight excluding hydrogens is 474 g/mol. The van der Waals surface area contributed by atoms with Gasteiger partial charge < -0.3 is 5.32 Å². The lowest BCUT2D eigenvalue weighted by molar-refractivity contribution is -0.115. The zero-order valence-electron chi connectivity index (χ0n) is 18.0. The second-order valence-electron chi connectivity index (χ2n) is 8.01. The van der Waals surface area contributed by atoms with E-state index in [0.29, 0.717) is 11.5 Å². The molecule has 0 fully saturated rings. The average molecular weight is 496 g/mol. The summed E-state index contributed by atoms with van der Waals surface area (Å²) in [7, 11) is 0. The van der Waals surface area contributed by atoms with Gasteiger partial charge in [0.25, 0.3) is 0 Å². The van der Waals surface area contributed by atoms with Crippen molar-refractivity contribution in [1.82, 2.24) is 9.97 Å². The summed E-state index contributed by atoms with van der Waals surface area (Å²) in [6, 6.07) is 26.1. The fourth-order valence-electron chi connectivity index (χ4n) is 4.01. The third-order valence-corrected chi connectivity index (χ3v) is 6.20. The first-order chi connectivity index (χ1) is 16.2. The molecule has 1 aliphatic rings. The zero-order valence-corrected chi connectivity index (χ0v) is 19.5. The number of hydrogen-bond donors (Lipinski definition) is 1. The van der Waals surface area contributed by atoms with E-state index in [2.05, 4.69) is 39.4 Å². The monoisotopic (exact) mass is 495 g/mol. The van der Waals surface area contributed by atoms with Crippen molar-refractivity contribution in [3.05, 3.63) is 111 Å². The number of aryl methyl sites for hydroxylation is 2. The number of halogens is 1. The number of carbonyl (C=O) groups is 1. The maximum Gasteiger partial charge on any atom is 0.230 e. The van der Waals surface area contributed by atoms with Crippen LogP contribution in [0.4, 0.5) is 5.82 Å². The Hall–Kier alpha value is -3.57. The summed E-state index contributed by atoms with van der Waals surface area (Å²) in [5.41, 5.74) is 6.87. The molecule has 33 heavy (non-hydrogen) atoms. The van der Waals surface area contributed by atoms with E-state index in [-0.39, 0.29) is 12.3 Å². The Bertz CT molecular complexity index is 1330. The van der Waals surface area contributed by atoms with Gasteiger partial charge >= 0.3 is 0 Å². The number of rotatable bonds is 5. The van der Waals surface area contributed by atoms with Crippen LogP contribution in [0, 0.1) is 0 Å². The molecule has 4 nitrogen and oxygen atoms in total. The van der Waals surface area contributed by atoms with E-state index in [9.17, 15) is 4.79 Å². The van der Waals surface area contributed by atoms with Crippen molar-refractivity contribution in [2.24, 2.45) is 0 Å². The summed E-state index contributed by atoms with van der Waals surface area (Å²) < 4.78 is 0.987. The number of carbonyl (C=O) groups excluding carboxylic acids is 1. The van der Waals surface area contributed by atoms with Gasteiger partial charge in [-0.25, -0.2) is 9.97 Å². The topological polar surface area (TPSA) is 54.9 Å². The van der Waals surface area contributed by atoms with Gasteiger partial charge in [0.05, 0.1) is 17.8 Å². The molecule has 0 radical (unpaired) electrons. The highest BCUT2D eigenvalue weighted by Gasteiger charge is 2.21. The van der Waals surface area contributed by atoms with Crippen LogP contribution in [-0.2, 0) is 24.1 Å². The molecule has 0 atom stereocenters. The molecule has 0 bridgehead atoms. The van der Waals surface area contributed by atoms with Crippen LogP contribution < -0.4 is 5.32 Å². The Morgan fingerprint density at radius 2 is 1.64 bits per heavy atom. The van der Waals surface area contributed by atoms with E-state index < -0.39 is 0 Å². The number of amides is 1. The molecular formula is C28H22BrN3O. The summed E-state index contributed by atoms with van der Waals surface area (Å²) in [6.07, 6.45) is 5.92. The maximum absolute atomic E-state index is 12.8. The van der Waals surface area contributed by atoms with E-state index >= 15 is 0 Å². The summed E-state index contributed by atoms with van der Waals surface area (Å²) in [4.78, 5) is 22.7. The molecule has 5 rings (SSSR count). The molecule has 1 aromatic heterocycles. The molecule has 162 valence electrons. The Morgan fingerprint density at radius 3 is 2.45 bits per heavy atom. The van der Waals surface area contributed by atoms with Crippen molar-refractivity contribution in [3.63, 3.8) is 0 Å². The molecule has 0 aliphatic heterocycles. The number of benzene rings is 3. The zero-order chi connectivity index (χ0) is 22.6. The number of nitrogens with zero attached hydrogens (tertiary/aromatic N) is 2. The second-order valence-corrected chi connectivity index (χ2v) is 8.92. The van der Waals surface area contributed by atoms with Gasteiger partial charge in [0, 0.05) is 10.0 Å². The normalized spacial score (nSPS) is 12.3. The molecule has 0 spiro atoms. The fraction of sp³-hybridized carbons (Fsp3) is 0.107. The summed E-state index contributed by atoms with van der Waals surface area (Å²) in [5, 5.41) is 3.01. The lowest BCUT2D eigenvalue weighted by atomic mass is 9.92. The lowest BCUT2D eigenvalue weighted by Gasteiger charge is -2.20. The standard InChI is InChI=1S/C28H22BrN3O/c29-22-14-10-20(11-15-22)18-26(33)32-28-25(16-12-19-6-2-1-3-7-19)30-27-23-9-5-4-8-21(23)13-17-24(27)31-28/h1-12,14-16H,13,17-18H2,(H,31,32,33). The molecule has 5 heteroatoms. The minimum atomic E-state index is -0.114. The van der Waals surface area contributed by atoms with E-state index in [1.807, 2.05) is 72.8 Å². The van der Waals surface area contributed by atoms with E-state index in [4.69, 9.17) is 9.97 Å². The lowest BCUT2D eigenvalue weighted by Crippen LogP contribution is -2.19. The highest BCUT2D eigenvalue weighted by atomic mass is 79.9. The predicted octanol–water partition coefficient (Wildman–Crippen LogP) is 6.36. The van der Waals surface area contributed by atoms with Gasteiger partial charge in [-0.1, -0.05) is 88.7 Å². The van der Waals surface area contributed by atoms with Crippen molar-refractivity contribution >= 4 is 39.8 Å². The van der Waals surface area contributed by atoms with Gasteiger partial charge in [0.2, 0.25) is 5.91 Å². The van der Waals surface area contributed by atoms with Crippen molar-refractivity contribution < 1.29 is 4.79 Å². The van der Waals surface area contributed by atoms with Crippen LogP contribution in [0.2, 0.25) is 0 Å². The Labute approximate surface area is 201 Å². The van der Waals surface area contributed by atoms with Crippen molar-refractivity contribution in [2.75, 3.05) is 5.32 Å². The first-order valence-electron chi connectivity index (χ1n) is 10.9. The van der Waals surface area contributed by atoms with Gasteiger partial charge in [-0.15, -0.1) is 0 Å². The highest BCUT2D eigenvalue weighted by Crippen LogP contribution is 2.33. The maximum atomic E-state index is 12.8. The summed E-state index contributed by atoms with van der Waals surface area (Å²) >= 11 is 3.43. The molecule has 1 N–H and O–H groups in total. The van der Waals surface area contributed by atoms with Crippen molar-refractivity contribution in [3.8, 4) is 11.3 Å². The highest BCUT2D eigenvalue weighted by molar-refractivity contribution is 9.10.